The molecule has 0 aliphatic rings. The normalized spacial score (nSPS) is 13.3. The molecular weight excluding hydrogens is 334 g/mol. The fraction of sp³-hybridized carbons (Fsp3) is 0.684. The van der Waals surface area contributed by atoms with Crippen LogP contribution in [0.3, 0.4) is 0 Å². The first kappa shape index (κ1) is 21.6. The molecule has 0 saturated carbocycles. The van der Waals surface area contributed by atoms with Gasteiger partial charge in [0.25, 0.3) is 11.9 Å². The van der Waals surface area contributed by atoms with Crippen LogP contribution in [0.1, 0.15) is 57.1 Å². The maximum absolute atomic E-state index is 12.3. The Balaban J connectivity index is 2.60. The Morgan fingerprint density at radius 3 is 2.60 bits per heavy atom. The van der Waals surface area contributed by atoms with E-state index in [4.69, 9.17) is 4.74 Å². The maximum atomic E-state index is 12.3. The minimum absolute atomic E-state index is 0.112. The van der Waals surface area contributed by atoms with Gasteiger partial charge in [-0.1, -0.05) is 33.8 Å². The van der Waals surface area contributed by atoms with Crippen LogP contribution in [0, 0.1) is 5.92 Å². The van der Waals surface area contributed by atoms with Crippen molar-refractivity contribution in [3.63, 3.8) is 0 Å². The van der Waals surface area contributed by atoms with Crippen molar-refractivity contribution in [3.05, 3.63) is 22.4 Å². The Labute approximate surface area is 156 Å². The number of hydrogen-bond donors (Lipinski definition) is 1. The Bertz CT molecular complexity index is 511. The molecule has 0 aliphatic heterocycles. The van der Waals surface area contributed by atoms with E-state index in [1.807, 2.05) is 11.4 Å². The summed E-state index contributed by atoms with van der Waals surface area (Å²) in [4.78, 5) is 19.9. The molecule has 1 aromatic heterocycles. The quantitative estimate of drug-likeness (QED) is 0.502. The van der Waals surface area contributed by atoms with Crippen molar-refractivity contribution >= 4 is 23.3 Å². The van der Waals surface area contributed by atoms with Crippen LogP contribution in [0.2, 0.25) is 0 Å². The number of amides is 1. The van der Waals surface area contributed by atoms with Crippen LogP contribution in [0.4, 0.5) is 0 Å². The molecule has 1 heterocycles. The molecule has 1 amide bonds. The lowest BCUT2D eigenvalue weighted by Gasteiger charge is -2.19. The summed E-state index contributed by atoms with van der Waals surface area (Å²) >= 11 is 1.41. The fourth-order valence-corrected chi connectivity index (χ4v) is 2.95. The van der Waals surface area contributed by atoms with Gasteiger partial charge in [-0.05, 0) is 56.8 Å². The number of nitrogens with one attached hydrogen (secondary N) is 1. The molecule has 25 heavy (non-hydrogen) atoms. The number of carbonyl (C=O) groups is 1. The van der Waals surface area contributed by atoms with Gasteiger partial charge < -0.3 is 9.64 Å². The van der Waals surface area contributed by atoms with Gasteiger partial charge in [0.2, 0.25) is 0 Å². The number of rotatable bonds is 10. The standard InChI is InChI=1S/C19H33N3O2S/c1-6-22(7-2)12-8-10-16(5)20-19(24-14-15(3)4)21-18(23)17-11-9-13-25-17/h9,11,13,15-16H,6-8,10,12,14H2,1-5H3,(H,20,21,23)/t16-/m1/s1. The van der Waals surface area contributed by atoms with Gasteiger partial charge in [0.05, 0.1) is 17.5 Å². The molecule has 0 fully saturated rings. The van der Waals surface area contributed by atoms with E-state index in [1.54, 1.807) is 6.07 Å². The zero-order valence-corrected chi connectivity index (χ0v) is 17.1. The van der Waals surface area contributed by atoms with E-state index < -0.39 is 0 Å². The largest absolute Gasteiger partial charge is 0.465 e. The number of nitrogens with zero attached hydrogens (tertiary/aromatic N) is 2. The fourth-order valence-electron chi connectivity index (χ4n) is 2.33. The van der Waals surface area contributed by atoms with Crippen LogP contribution < -0.4 is 5.32 Å². The number of aliphatic imine (C=N–C) groups is 1. The molecule has 1 N–H and O–H groups in total. The molecule has 5 nitrogen and oxygen atoms in total. The van der Waals surface area contributed by atoms with Crippen LogP contribution in [-0.2, 0) is 4.74 Å². The maximum Gasteiger partial charge on any atom is 0.291 e. The molecule has 1 atom stereocenters. The van der Waals surface area contributed by atoms with Gasteiger partial charge in [-0.15, -0.1) is 11.3 Å². The van der Waals surface area contributed by atoms with Gasteiger partial charge in [-0.2, -0.15) is 0 Å². The molecule has 0 aliphatic carbocycles. The molecular formula is C19H33N3O2S. The van der Waals surface area contributed by atoms with E-state index in [9.17, 15) is 4.79 Å². The zero-order chi connectivity index (χ0) is 18.7. The van der Waals surface area contributed by atoms with Crippen molar-refractivity contribution in [2.45, 2.75) is 53.5 Å². The Hall–Kier alpha value is -1.40. The zero-order valence-electron chi connectivity index (χ0n) is 16.2. The van der Waals surface area contributed by atoms with Crippen LogP contribution >= 0.6 is 11.3 Å². The summed E-state index contributed by atoms with van der Waals surface area (Å²) in [5, 5.41) is 4.70. The van der Waals surface area contributed by atoms with Crippen molar-refractivity contribution in [3.8, 4) is 0 Å². The topological polar surface area (TPSA) is 53.9 Å². The monoisotopic (exact) mass is 367 g/mol. The second-order valence-corrected chi connectivity index (χ2v) is 7.54. The van der Waals surface area contributed by atoms with Crippen molar-refractivity contribution < 1.29 is 9.53 Å². The van der Waals surface area contributed by atoms with Crippen molar-refractivity contribution in [2.75, 3.05) is 26.2 Å². The molecule has 0 aromatic carbocycles. The Kier molecular flexibility index (Phi) is 10.4. The molecule has 0 spiro atoms. The lowest BCUT2D eigenvalue weighted by molar-refractivity contribution is 0.0967. The number of hydrogen-bond acceptors (Lipinski definition) is 5. The van der Waals surface area contributed by atoms with Crippen LogP contribution in [0.5, 0.6) is 0 Å². The van der Waals surface area contributed by atoms with Crippen molar-refractivity contribution in [1.29, 1.82) is 0 Å². The van der Waals surface area contributed by atoms with Gasteiger partial charge in [-0.25, -0.2) is 4.99 Å². The number of thiophene rings is 1. The summed E-state index contributed by atoms with van der Waals surface area (Å²) in [6, 6.07) is 4.11. The number of ether oxygens (including phenoxy) is 1. The van der Waals surface area contributed by atoms with E-state index in [0.717, 1.165) is 32.5 Å². The summed E-state index contributed by atoms with van der Waals surface area (Å²) < 4.78 is 5.72. The van der Waals surface area contributed by atoms with E-state index in [1.165, 1.54) is 11.3 Å². The van der Waals surface area contributed by atoms with E-state index in [2.05, 4.69) is 49.8 Å². The number of carbonyl (C=O) groups excluding carboxylic acids is 1. The lowest BCUT2D eigenvalue weighted by Crippen LogP contribution is -2.34. The van der Waals surface area contributed by atoms with E-state index in [0.29, 0.717) is 23.4 Å². The molecule has 1 aromatic rings. The van der Waals surface area contributed by atoms with Gasteiger partial charge in [0.15, 0.2) is 0 Å². The van der Waals surface area contributed by atoms with Crippen LogP contribution in [0.25, 0.3) is 0 Å². The first-order chi connectivity index (χ1) is 12.0. The van der Waals surface area contributed by atoms with E-state index in [-0.39, 0.29) is 11.9 Å². The van der Waals surface area contributed by atoms with Gasteiger partial charge in [0.1, 0.15) is 0 Å². The molecule has 0 unspecified atom stereocenters. The van der Waals surface area contributed by atoms with Crippen molar-refractivity contribution in [1.82, 2.24) is 10.2 Å². The summed E-state index contributed by atoms with van der Waals surface area (Å²) in [7, 11) is 0. The molecule has 6 heteroatoms. The number of amidine groups is 1. The summed E-state index contributed by atoms with van der Waals surface area (Å²) in [5.74, 6) is 0.217. The second kappa shape index (κ2) is 12.0. The van der Waals surface area contributed by atoms with Crippen LogP contribution in [-0.4, -0.2) is 49.1 Å². The summed E-state index contributed by atoms with van der Waals surface area (Å²) in [6.45, 7) is 14.4. The first-order valence-electron chi connectivity index (χ1n) is 9.24. The van der Waals surface area contributed by atoms with Crippen LogP contribution in [0.15, 0.2) is 22.5 Å². The third-order valence-corrected chi connectivity index (χ3v) is 4.72. The second-order valence-electron chi connectivity index (χ2n) is 6.59. The third-order valence-electron chi connectivity index (χ3n) is 3.85. The average Bonchev–Trinajstić information content (AvgIpc) is 3.11. The third kappa shape index (κ3) is 9.02. The van der Waals surface area contributed by atoms with Gasteiger partial charge in [-0.3, -0.25) is 10.1 Å². The van der Waals surface area contributed by atoms with Gasteiger partial charge in [0, 0.05) is 0 Å². The SMILES string of the molecule is CCN(CC)CCC[C@@H](C)N=C(NC(=O)c1cccs1)OCC(C)C. The van der Waals surface area contributed by atoms with E-state index >= 15 is 0 Å². The average molecular weight is 368 g/mol. The first-order valence-corrected chi connectivity index (χ1v) is 10.1. The minimum atomic E-state index is -0.159. The highest BCUT2D eigenvalue weighted by Crippen LogP contribution is 2.09. The minimum Gasteiger partial charge on any atom is -0.465 e. The highest BCUT2D eigenvalue weighted by molar-refractivity contribution is 7.12. The predicted molar refractivity (Wildman–Crippen MR) is 106 cm³/mol. The summed E-state index contributed by atoms with van der Waals surface area (Å²) in [6.07, 6.45) is 2.06. The smallest absolute Gasteiger partial charge is 0.291 e. The Morgan fingerprint density at radius 1 is 1.32 bits per heavy atom. The lowest BCUT2D eigenvalue weighted by atomic mass is 10.2. The molecule has 1 rings (SSSR count). The molecule has 0 bridgehead atoms. The molecule has 0 radical (unpaired) electrons. The molecule has 142 valence electrons. The highest BCUT2D eigenvalue weighted by atomic mass is 32.1. The van der Waals surface area contributed by atoms with Crippen molar-refractivity contribution in [2.24, 2.45) is 10.9 Å². The highest BCUT2D eigenvalue weighted by Gasteiger charge is 2.13. The van der Waals surface area contributed by atoms with Gasteiger partial charge >= 0.3 is 0 Å². The summed E-state index contributed by atoms with van der Waals surface area (Å²) in [5.41, 5.74) is 0. The Morgan fingerprint density at radius 2 is 2.04 bits per heavy atom. The molecule has 0 saturated heterocycles. The predicted octanol–water partition coefficient (Wildman–Crippen LogP) is 4.02.